The number of hydrogen-bond donors (Lipinski definition) is 2. The zero-order valence-corrected chi connectivity index (χ0v) is 12.8. The van der Waals surface area contributed by atoms with Crippen LogP contribution in [0.3, 0.4) is 0 Å². The number of halogens is 1. The predicted molar refractivity (Wildman–Crippen MR) is 81.0 cm³/mol. The molecule has 0 aliphatic rings. The van der Waals surface area contributed by atoms with Crippen molar-refractivity contribution in [1.82, 2.24) is 5.32 Å². The monoisotopic (exact) mass is 300 g/mol. The van der Waals surface area contributed by atoms with Crippen molar-refractivity contribution in [3.63, 3.8) is 0 Å². The normalized spacial score (nSPS) is 10.2. The van der Waals surface area contributed by atoms with E-state index < -0.39 is 0 Å². The Bertz CT molecular complexity index is 452. The molecule has 0 bridgehead atoms. The molecule has 0 saturated heterocycles. The van der Waals surface area contributed by atoms with Crippen LogP contribution in [-0.2, 0) is 4.79 Å². The number of nitrogens with one attached hydrogen (secondary N) is 2. The molecule has 0 aliphatic heterocycles. The van der Waals surface area contributed by atoms with Crippen molar-refractivity contribution in [3.05, 3.63) is 17.2 Å². The first-order valence-corrected chi connectivity index (χ1v) is 6.92. The number of hydrogen-bond acceptors (Lipinski definition) is 4. The highest BCUT2D eigenvalue weighted by molar-refractivity contribution is 6.32. The zero-order chi connectivity index (χ0) is 15.0. The topological polar surface area (TPSA) is 59.6 Å². The van der Waals surface area contributed by atoms with E-state index in [-0.39, 0.29) is 5.91 Å². The van der Waals surface area contributed by atoms with Gasteiger partial charge in [0, 0.05) is 25.1 Å². The maximum absolute atomic E-state index is 11.8. The van der Waals surface area contributed by atoms with Crippen molar-refractivity contribution < 1.29 is 14.3 Å². The smallest absolute Gasteiger partial charge is 0.225 e. The fraction of sp³-hybridized carbons (Fsp3) is 0.500. The lowest BCUT2D eigenvalue weighted by Crippen LogP contribution is -2.22. The molecule has 1 aromatic rings. The van der Waals surface area contributed by atoms with Gasteiger partial charge in [0.15, 0.2) is 0 Å². The van der Waals surface area contributed by atoms with E-state index in [0.717, 1.165) is 13.0 Å². The molecular formula is C14H21ClN2O3. The molecule has 20 heavy (non-hydrogen) atoms. The second-order valence-corrected chi connectivity index (χ2v) is 4.64. The summed E-state index contributed by atoms with van der Waals surface area (Å²) < 4.78 is 10.3. The summed E-state index contributed by atoms with van der Waals surface area (Å²) in [4.78, 5) is 11.8. The minimum Gasteiger partial charge on any atom is -0.495 e. The van der Waals surface area contributed by atoms with Crippen LogP contribution in [0.5, 0.6) is 11.5 Å². The number of rotatable bonds is 8. The van der Waals surface area contributed by atoms with E-state index in [4.69, 9.17) is 21.1 Å². The first-order chi connectivity index (χ1) is 9.62. The van der Waals surface area contributed by atoms with Gasteiger partial charge in [-0.15, -0.1) is 0 Å². The Morgan fingerprint density at radius 2 is 1.90 bits per heavy atom. The number of methoxy groups -OCH3 is 2. The molecule has 0 fully saturated rings. The molecular weight excluding hydrogens is 280 g/mol. The summed E-state index contributed by atoms with van der Waals surface area (Å²) in [5.74, 6) is 0.911. The number of benzene rings is 1. The van der Waals surface area contributed by atoms with Crippen LogP contribution in [0.25, 0.3) is 0 Å². The molecule has 2 N–H and O–H groups in total. The molecule has 1 amide bonds. The summed E-state index contributed by atoms with van der Waals surface area (Å²) in [5.41, 5.74) is 0.550. The minimum absolute atomic E-state index is 0.0868. The Labute approximate surface area is 124 Å². The average Bonchev–Trinajstić information content (AvgIpc) is 2.45. The quantitative estimate of drug-likeness (QED) is 0.725. The number of carbonyl (C=O) groups excluding carboxylic acids is 1. The van der Waals surface area contributed by atoms with Gasteiger partial charge < -0.3 is 20.1 Å². The largest absolute Gasteiger partial charge is 0.495 e. The van der Waals surface area contributed by atoms with E-state index >= 15 is 0 Å². The van der Waals surface area contributed by atoms with Gasteiger partial charge in [0.2, 0.25) is 5.91 Å². The molecule has 1 aromatic carbocycles. The molecule has 0 spiro atoms. The van der Waals surface area contributed by atoms with Crippen LogP contribution in [0.4, 0.5) is 5.69 Å². The van der Waals surface area contributed by atoms with Gasteiger partial charge in [-0.1, -0.05) is 18.5 Å². The Morgan fingerprint density at radius 3 is 2.50 bits per heavy atom. The summed E-state index contributed by atoms with van der Waals surface area (Å²) in [7, 11) is 3.05. The molecule has 1 rings (SSSR count). The fourth-order valence-corrected chi connectivity index (χ4v) is 1.91. The Morgan fingerprint density at radius 1 is 1.20 bits per heavy atom. The molecule has 0 saturated carbocycles. The minimum atomic E-state index is -0.0868. The van der Waals surface area contributed by atoms with E-state index in [9.17, 15) is 4.79 Å². The SMILES string of the molecule is CCCNCCC(=O)Nc1cc(OC)c(Cl)cc1OC. The standard InChI is InChI=1S/C14H21ClN2O3/c1-4-6-16-7-5-14(18)17-11-9-12(19-2)10(15)8-13(11)20-3/h8-9,16H,4-7H2,1-3H3,(H,17,18). The zero-order valence-electron chi connectivity index (χ0n) is 12.1. The van der Waals surface area contributed by atoms with Crippen molar-refractivity contribution in [1.29, 1.82) is 0 Å². The summed E-state index contributed by atoms with van der Waals surface area (Å²) in [6.07, 6.45) is 1.44. The van der Waals surface area contributed by atoms with Gasteiger partial charge in [0.1, 0.15) is 11.5 Å². The second kappa shape index (κ2) is 8.66. The van der Waals surface area contributed by atoms with Crippen molar-refractivity contribution in [2.45, 2.75) is 19.8 Å². The van der Waals surface area contributed by atoms with Gasteiger partial charge in [-0.3, -0.25) is 4.79 Å². The first-order valence-electron chi connectivity index (χ1n) is 6.54. The van der Waals surface area contributed by atoms with Crippen LogP contribution >= 0.6 is 11.6 Å². The van der Waals surface area contributed by atoms with Gasteiger partial charge in [-0.25, -0.2) is 0 Å². The summed E-state index contributed by atoms with van der Waals surface area (Å²) in [6.45, 7) is 3.63. The number of anilines is 1. The first kappa shape index (κ1) is 16.6. The third-order valence-electron chi connectivity index (χ3n) is 2.70. The van der Waals surface area contributed by atoms with Crippen molar-refractivity contribution in [2.75, 3.05) is 32.6 Å². The molecule has 0 unspecified atom stereocenters. The molecule has 0 heterocycles. The van der Waals surface area contributed by atoms with Crippen LogP contribution in [0.1, 0.15) is 19.8 Å². The van der Waals surface area contributed by atoms with Gasteiger partial charge in [0.25, 0.3) is 0 Å². The highest BCUT2D eigenvalue weighted by atomic mass is 35.5. The van der Waals surface area contributed by atoms with Crippen molar-refractivity contribution in [3.8, 4) is 11.5 Å². The Balaban J connectivity index is 2.68. The lowest BCUT2D eigenvalue weighted by Gasteiger charge is -2.13. The molecule has 112 valence electrons. The third kappa shape index (κ3) is 4.90. The van der Waals surface area contributed by atoms with Gasteiger partial charge in [0.05, 0.1) is 24.9 Å². The van der Waals surface area contributed by atoms with Crippen LogP contribution in [0, 0.1) is 0 Å². The fourth-order valence-electron chi connectivity index (χ4n) is 1.67. The van der Waals surface area contributed by atoms with E-state index in [1.54, 1.807) is 12.1 Å². The van der Waals surface area contributed by atoms with E-state index in [0.29, 0.717) is 35.2 Å². The van der Waals surface area contributed by atoms with Crippen LogP contribution in [0.2, 0.25) is 5.02 Å². The van der Waals surface area contributed by atoms with Crippen molar-refractivity contribution >= 4 is 23.2 Å². The average molecular weight is 301 g/mol. The van der Waals surface area contributed by atoms with Gasteiger partial charge in [-0.2, -0.15) is 0 Å². The molecule has 0 atom stereocenters. The Hall–Kier alpha value is -1.46. The molecule has 0 aromatic heterocycles. The second-order valence-electron chi connectivity index (χ2n) is 4.24. The lowest BCUT2D eigenvalue weighted by molar-refractivity contribution is -0.116. The van der Waals surface area contributed by atoms with Gasteiger partial charge >= 0.3 is 0 Å². The van der Waals surface area contributed by atoms with Gasteiger partial charge in [-0.05, 0) is 13.0 Å². The Kier molecular flexibility index (Phi) is 7.18. The summed E-state index contributed by atoms with van der Waals surface area (Å²) >= 11 is 6.01. The maximum atomic E-state index is 11.8. The van der Waals surface area contributed by atoms with Crippen molar-refractivity contribution in [2.24, 2.45) is 0 Å². The molecule has 0 radical (unpaired) electrons. The highest BCUT2D eigenvalue weighted by Gasteiger charge is 2.12. The van der Waals surface area contributed by atoms with E-state index in [1.807, 2.05) is 0 Å². The summed E-state index contributed by atoms with van der Waals surface area (Å²) in [5, 5.41) is 6.41. The summed E-state index contributed by atoms with van der Waals surface area (Å²) in [6, 6.07) is 3.27. The number of amides is 1. The number of carbonyl (C=O) groups is 1. The predicted octanol–water partition coefficient (Wildman–Crippen LogP) is 2.69. The van der Waals surface area contributed by atoms with E-state index in [2.05, 4.69) is 17.6 Å². The van der Waals surface area contributed by atoms with E-state index in [1.165, 1.54) is 14.2 Å². The molecule has 5 nitrogen and oxygen atoms in total. The van der Waals surface area contributed by atoms with Crippen LogP contribution in [-0.4, -0.2) is 33.2 Å². The third-order valence-corrected chi connectivity index (χ3v) is 3.00. The maximum Gasteiger partial charge on any atom is 0.225 e. The van der Waals surface area contributed by atoms with Crippen LogP contribution < -0.4 is 20.1 Å². The van der Waals surface area contributed by atoms with Crippen LogP contribution in [0.15, 0.2) is 12.1 Å². The highest BCUT2D eigenvalue weighted by Crippen LogP contribution is 2.35. The number of ether oxygens (including phenoxy) is 2. The lowest BCUT2D eigenvalue weighted by atomic mass is 10.2. The molecule has 6 heteroatoms. The molecule has 0 aliphatic carbocycles.